The van der Waals surface area contributed by atoms with E-state index in [1.165, 1.54) is 24.3 Å². The second-order valence-corrected chi connectivity index (χ2v) is 4.99. The summed E-state index contributed by atoms with van der Waals surface area (Å²) in [5, 5.41) is 12.7. The highest BCUT2D eigenvalue weighted by atomic mass is 19.3. The number of halogens is 2. The number of aliphatic hydroxyl groups excluding tert-OH is 1. The van der Waals surface area contributed by atoms with Gasteiger partial charge in [0.1, 0.15) is 5.75 Å². The van der Waals surface area contributed by atoms with E-state index in [2.05, 4.69) is 10.1 Å². The van der Waals surface area contributed by atoms with E-state index in [1.807, 2.05) is 25.1 Å². The molecule has 2 rings (SSSR count). The number of carbonyl (C=O) groups is 1. The third-order valence-corrected chi connectivity index (χ3v) is 3.35. The van der Waals surface area contributed by atoms with Crippen LogP contribution in [0.4, 0.5) is 8.78 Å². The zero-order valence-electron chi connectivity index (χ0n) is 12.5. The van der Waals surface area contributed by atoms with Crippen LogP contribution in [0.1, 0.15) is 27.6 Å². The van der Waals surface area contributed by atoms with Crippen molar-refractivity contribution >= 4 is 5.91 Å². The molecule has 23 heavy (non-hydrogen) atoms. The molecule has 0 aliphatic heterocycles. The summed E-state index contributed by atoms with van der Waals surface area (Å²) >= 11 is 0. The van der Waals surface area contributed by atoms with Crippen LogP contribution in [-0.2, 0) is 0 Å². The van der Waals surface area contributed by atoms with Crippen LogP contribution in [-0.4, -0.2) is 24.2 Å². The van der Waals surface area contributed by atoms with Gasteiger partial charge < -0.3 is 15.2 Å². The van der Waals surface area contributed by atoms with Gasteiger partial charge in [-0.1, -0.05) is 24.3 Å². The Morgan fingerprint density at radius 1 is 1.17 bits per heavy atom. The van der Waals surface area contributed by atoms with Crippen LogP contribution in [0.5, 0.6) is 5.75 Å². The Labute approximate surface area is 132 Å². The Hall–Kier alpha value is -2.47. The molecule has 122 valence electrons. The van der Waals surface area contributed by atoms with Crippen molar-refractivity contribution in [3.05, 3.63) is 65.2 Å². The van der Waals surface area contributed by atoms with Gasteiger partial charge in [0.05, 0.1) is 6.10 Å². The van der Waals surface area contributed by atoms with Crippen molar-refractivity contribution in [2.24, 2.45) is 0 Å². The molecule has 0 saturated carbocycles. The highest BCUT2D eigenvalue weighted by Crippen LogP contribution is 2.17. The molecule has 2 aromatic carbocycles. The molecule has 1 unspecified atom stereocenters. The summed E-state index contributed by atoms with van der Waals surface area (Å²) in [5.74, 6) is -0.419. The third kappa shape index (κ3) is 4.75. The molecule has 0 bridgehead atoms. The Balaban J connectivity index is 1.93. The van der Waals surface area contributed by atoms with Gasteiger partial charge in [-0.3, -0.25) is 4.79 Å². The highest BCUT2D eigenvalue weighted by molar-refractivity contribution is 5.94. The monoisotopic (exact) mass is 321 g/mol. The lowest BCUT2D eigenvalue weighted by Gasteiger charge is -2.14. The summed E-state index contributed by atoms with van der Waals surface area (Å²) in [6.45, 7) is -0.972. The first-order valence-electron chi connectivity index (χ1n) is 7.04. The minimum Gasteiger partial charge on any atom is -0.435 e. The van der Waals surface area contributed by atoms with Gasteiger partial charge in [-0.25, -0.2) is 0 Å². The molecule has 0 aromatic heterocycles. The van der Waals surface area contributed by atoms with E-state index < -0.39 is 18.6 Å². The average molecular weight is 321 g/mol. The zero-order valence-corrected chi connectivity index (χ0v) is 12.5. The van der Waals surface area contributed by atoms with Crippen LogP contribution in [0.15, 0.2) is 48.5 Å². The van der Waals surface area contributed by atoms with Crippen molar-refractivity contribution in [1.82, 2.24) is 5.32 Å². The molecule has 0 fully saturated rings. The Bertz CT molecular complexity index is 659. The molecule has 2 N–H and O–H groups in total. The fraction of sp³-hybridized carbons (Fsp3) is 0.235. The number of nitrogens with one attached hydrogen (secondary N) is 1. The minimum atomic E-state index is -2.90. The van der Waals surface area contributed by atoms with Gasteiger partial charge in [0, 0.05) is 12.1 Å². The number of alkyl halides is 2. The normalized spacial score (nSPS) is 12.0. The van der Waals surface area contributed by atoms with Crippen molar-refractivity contribution in [2.45, 2.75) is 19.6 Å². The Morgan fingerprint density at radius 2 is 1.83 bits per heavy atom. The number of aryl methyl sites for hydroxylation is 1. The average Bonchev–Trinajstić information content (AvgIpc) is 2.53. The van der Waals surface area contributed by atoms with E-state index in [9.17, 15) is 18.7 Å². The first kappa shape index (κ1) is 16.9. The molecule has 4 nitrogen and oxygen atoms in total. The second kappa shape index (κ2) is 7.69. The number of benzene rings is 2. The standard InChI is InChI=1S/C17H17F2NO3/c1-11-4-2-3-5-14(11)15(21)10-20-16(22)12-6-8-13(9-7-12)23-17(18)19/h2-9,15,17,21H,10H2,1H3,(H,20,22). The molecule has 0 aliphatic carbocycles. The van der Waals surface area contributed by atoms with Crippen LogP contribution in [0.3, 0.4) is 0 Å². The molecule has 2 aromatic rings. The SMILES string of the molecule is Cc1ccccc1C(O)CNC(=O)c1ccc(OC(F)F)cc1. The highest BCUT2D eigenvalue weighted by Gasteiger charge is 2.13. The lowest BCUT2D eigenvalue weighted by molar-refractivity contribution is -0.0498. The van der Waals surface area contributed by atoms with Gasteiger partial charge in [-0.15, -0.1) is 0 Å². The summed E-state index contributed by atoms with van der Waals surface area (Å²) in [6, 6.07) is 12.7. The van der Waals surface area contributed by atoms with Gasteiger partial charge in [0.15, 0.2) is 0 Å². The van der Waals surface area contributed by atoms with Crippen LogP contribution >= 0.6 is 0 Å². The quantitative estimate of drug-likeness (QED) is 0.860. The molecule has 0 radical (unpaired) electrons. The number of rotatable bonds is 6. The first-order valence-corrected chi connectivity index (χ1v) is 7.04. The summed E-state index contributed by atoms with van der Waals surface area (Å²) in [4.78, 5) is 12.0. The molecule has 1 atom stereocenters. The van der Waals surface area contributed by atoms with Gasteiger partial charge in [0.25, 0.3) is 5.91 Å². The fourth-order valence-electron chi connectivity index (χ4n) is 2.15. The third-order valence-electron chi connectivity index (χ3n) is 3.35. The largest absolute Gasteiger partial charge is 0.435 e. The maximum absolute atomic E-state index is 12.1. The second-order valence-electron chi connectivity index (χ2n) is 4.99. The van der Waals surface area contributed by atoms with Crippen molar-refractivity contribution in [3.63, 3.8) is 0 Å². The van der Waals surface area contributed by atoms with E-state index in [4.69, 9.17) is 0 Å². The Morgan fingerprint density at radius 3 is 2.43 bits per heavy atom. The molecule has 0 aliphatic rings. The minimum absolute atomic E-state index is 0.0171. The summed E-state index contributed by atoms with van der Waals surface area (Å²) < 4.78 is 28.3. The predicted molar refractivity (Wildman–Crippen MR) is 81.5 cm³/mol. The van der Waals surface area contributed by atoms with Crippen molar-refractivity contribution in [3.8, 4) is 5.75 Å². The molecule has 1 amide bonds. The van der Waals surface area contributed by atoms with E-state index in [1.54, 1.807) is 6.07 Å². The molecular formula is C17H17F2NO3. The maximum Gasteiger partial charge on any atom is 0.387 e. The summed E-state index contributed by atoms with van der Waals surface area (Å²) in [7, 11) is 0. The number of hydrogen-bond acceptors (Lipinski definition) is 3. The van der Waals surface area contributed by atoms with E-state index in [0.29, 0.717) is 5.56 Å². The number of amides is 1. The van der Waals surface area contributed by atoms with Crippen LogP contribution in [0, 0.1) is 6.92 Å². The van der Waals surface area contributed by atoms with Gasteiger partial charge in [-0.05, 0) is 42.3 Å². The van der Waals surface area contributed by atoms with E-state index in [0.717, 1.165) is 11.1 Å². The van der Waals surface area contributed by atoms with Gasteiger partial charge in [-0.2, -0.15) is 8.78 Å². The fourth-order valence-corrected chi connectivity index (χ4v) is 2.15. The molecule has 0 spiro atoms. The van der Waals surface area contributed by atoms with Crippen molar-refractivity contribution in [1.29, 1.82) is 0 Å². The smallest absolute Gasteiger partial charge is 0.387 e. The topological polar surface area (TPSA) is 58.6 Å². The number of aliphatic hydroxyl groups is 1. The van der Waals surface area contributed by atoms with Crippen LogP contribution in [0.25, 0.3) is 0 Å². The molecular weight excluding hydrogens is 304 g/mol. The first-order chi connectivity index (χ1) is 11.0. The van der Waals surface area contributed by atoms with Crippen LogP contribution in [0.2, 0.25) is 0 Å². The summed E-state index contributed by atoms with van der Waals surface area (Å²) in [5.41, 5.74) is 1.97. The molecule has 6 heteroatoms. The number of ether oxygens (including phenoxy) is 1. The lowest BCUT2D eigenvalue weighted by atomic mass is 10.0. The molecule has 0 saturated heterocycles. The summed E-state index contributed by atoms with van der Waals surface area (Å²) in [6.07, 6.45) is -0.818. The predicted octanol–water partition coefficient (Wildman–Crippen LogP) is 3.06. The van der Waals surface area contributed by atoms with E-state index in [-0.39, 0.29) is 12.3 Å². The maximum atomic E-state index is 12.1. The van der Waals surface area contributed by atoms with E-state index >= 15 is 0 Å². The Kier molecular flexibility index (Phi) is 5.65. The number of hydrogen-bond donors (Lipinski definition) is 2. The van der Waals surface area contributed by atoms with Crippen LogP contribution < -0.4 is 10.1 Å². The van der Waals surface area contributed by atoms with Crippen molar-refractivity contribution < 1.29 is 23.4 Å². The number of carbonyl (C=O) groups excluding carboxylic acids is 1. The lowest BCUT2D eigenvalue weighted by Crippen LogP contribution is -2.28. The molecule has 0 heterocycles. The van der Waals surface area contributed by atoms with Gasteiger partial charge >= 0.3 is 6.61 Å². The van der Waals surface area contributed by atoms with Crippen molar-refractivity contribution in [2.75, 3.05) is 6.54 Å². The zero-order chi connectivity index (χ0) is 16.8. The van der Waals surface area contributed by atoms with Gasteiger partial charge in [0.2, 0.25) is 0 Å².